The molecule has 2 aliphatic rings. The van der Waals surface area contributed by atoms with Gasteiger partial charge in [0.25, 0.3) is 5.91 Å². The topological polar surface area (TPSA) is 57.7 Å². The van der Waals surface area contributed by atoms with Crippen LogP contribution in [-0.4, -0.2) is 40.1 Å². The third-order valence-electron chi connectivity index (χ3n) is 4.89. The van der Waals surface area contributed by atoms with E-state index >= 15 is 0 Å². The Morgan fingerprint density at radius 2 is 1.72 bits per heavy atom. The largest absolute Gasteiger partial charge is 0.336 e. The minimum absolute atomic E-state index is 0.0861. The van der Waals surface area contributed by atoms with E-state index in [1.54, 1.807) is 0 Å². The summed E-state index contributed by atoms with van der Waals surface area (Å²) in [5.74, 6) is 0.437. The van der Waals surface area contributed by atoms with E-state index in [-0.39, 0.29) is 17.7 Å². The van der Waals surface area contributed by atoms with Gasteiger partial charge < -0.3 is 4.90 Å². The Balaban J connectivity index is 1.65. The fourth-order valence-corrected chi connectivity index (χ4v) is 3.13. The second-order valence-electron chi connectivity index (χ2n) is 7.48. The predicted octanol–water partition coefficient (Wildman–Crippen LogP) is 2.99. The zero-order valence-corrected chi connectivity index (χ0v) is 15.0. The third-order valence-corrected chi connectivity index (χ3v) is 4.89. The molecule has 0 radical (unpaired) electrons. The SMILES string of the molecule is CC(C)CCN(C(=O)c1ccc(CN2C(=O)CCC2=O)cc1)C1CC1. The number of carbonyl (C=O) groups excluding carboxylic acids is 3. The molecule has 0 spiro atoms. The molecule has 134 valence electrons. The van der Waals surface area contributed by atoms with Crippen molar-refractivity contribution >= 4 is 17.7 Å². The van der Waals surface area contributed by atoms with Crippen molar-refractivity contribution in [3.63, 3.8) is 0 Å². The van der Waals surface area contributed by atoms with Crippen LogP contribution in [0.5, 0.6) is 0 Å². The molecule has 0 unspecified atom stereocenters. The van der Waals surface area contributed by atoms with Crippen LogP contribution in [0.25, 0.3) is 0 Å². The number of hydrogen-bond donors (Lipinski definition) is 0. The summed E-state index contributed by atoms with van der Waals surface area (Å²) >= 11 is 0. The normalized spacial score (nSPS) is 17.5. The first-order valence-electron chi connectivity index (χ1n) is 9.19. The minimum atomic E-state index is -0.112. The van der Waals surface area contributed by atoms with Gasteiger partial charge in [0.1, 0.15) is 0 Å². The molecule has 5 nitrogen and oxygen atoms in total. The van der Waals surface area contributed by atoms with Crippen molar-refractivity contribution in [3.8, 4) is 0 Å². The van der Waals surface area contributed by atoms with E-state index in [1.807, 2.05) is 29.2 Å². The average molecular weight is 342 g/mol. The zero-order valence-electron chi connectivity index (χ0n) is 15.0. The van der Waals surface area contributed by atoms with Crippen LogP contribution in [0, 0.1) is 5.92 Å². The Labute approximate surface area is 149 Å². The molecule has 1 aromatic rings. The third kappa shape index (κ3) is 4.27. The van der Waals surface area contributed by atoms with Gasteiger partial charge in [-0.15, -0.1) is 0 Å². The summed E-state index contributed by atoms with van der Waals surface area (Å²) in [5, 5.41) is 0. The molecule has 25 heavy (non-hydrogen) atoms. The lowest BCUT2D eigenvalue weighted by molar-refractivity contribution is -0.139. The minimum Gasteiger partial charge on any atom is -0.336 e. The van der Waals surface area contributed by atoms with E-state index in [4.69, 9.17) is 0 Å². The molecular formula is C20H26N2O3. The second kappa shape index (κ2) is 7.38. The van der Waals surface area contributed by atoms with Crippen LogP contribution in [0.1, 0.15) is 61.9 Å². The van der Waals surface area contributed by atoms with Gasteiger partial charge in [-0.3, -0.25) is 19.3 Å². The van der Waals surface area contributed by atoms with E-state index in [0.717, 1.165) is 31.4 Å². The maximum absolute atomic E-state index is 12.8. The highest BCUT2D eigenvalue weighted by atomic mass is 16.2. The number of nitrogens with zero attached hydrogens (tertiary/aromatic N) is 2. The summed E-state index contributed by atoms with van der Waals surface area (Å²) in [7, 11) is 0. The highest BCUT2D eigenvalue weighted by molar-refractivity contribution is 6.01. The van der Waals surface area contributed by atoms with Gasteiger partial charge in [-0.2, -0.15) is 0 Å². The number of likely N-dealkylation sites (tertiary alicyclic amines) is 1. The number of hydrogen-bond acceptors (Lipinski definition) is 3. The molecule has 5 heteroatoms. The Kier molecular flexibility index (Phi) is 5.21. The first-order chi connectivity index (χ1) is 12.0. The lowest BCUT2D eigenvalue weighted by Crippen LogP contribution is -2.34. The standard InChI is InChI=1S/C20H26N2O3/c1-14(2)11-12-21(17-7-8-17)20(25)16-5-3-15(4-6-16)13-22-18(23)9-10-19(22)24/h3-6,14,17H,7-13H2,1-2H3. The van der Waals surface area contributed by atoms with Gasteiger partial charge in [-0.05, 0) is 42.9 Å². The maximum Gasteiger partial charge on any atom is 0.254 e. The summed E-state index contributed by atoms with van der Waals surface area (Å²) < 4.78 is 0. The van der Waals surface area contributed by atoms with Gasteiger partial charge in [0.05, 0.1) is 6.54 Å². The fourth-order valence-electron chi connectivity index (χ4n) is 3.13. The summed E-state index contributed by atoms with van der Waals surface area (Å²) in [6.45, 7) is 5.45. The Hall–Kier alpha value is -2.17. The Morgan fingerprint density at radius 1 is 1.12 bits per heavy atom. The monoisotopic (exact) mass is 342 g/mol. The van der Waals surface area contributed by atoms with E-state index < -0.39 is 0 Å². The molecular weight excluding hydrogens is 316 g/mol. The zero-order chi connectivity index (χ0) is 18.0. The first-order valence-corrected chi connectivity index (χ1v) is 9.19. The summed E-state index contributed by atoms with van der Waals surface area (Å²) in [4.78, 5) is 39.5. The van der Waals surface area contributed by atoms with Crippen molar-refractivity contribution in [2.75, 3.05) is 6.54 Å². The van der Waals surface area contributed by atoms with Crippen LogP contribution in [-0.2, 0) is 16.1 Å². The molecule has 3 rings (SSSR count). The van der Waals surface area contributed by atoms with Gasteiger partial charge >= 0.3 is 0 Å². The number of carbonyl (C=O) groups is 3. The van der Waals surface area contributed by atoms with Crippen LogP contribution in [0.15, 0.2) is 24.3 Å². The predicted molar refractivity (Wildman–Crippen MR) is 94.7 cm³/mol. The Morgan fingerprint density at radius 3 is 2.24 bits per heavy atom. The van der Waals surface area contributed by atoms with Crippen LogP contribution in [0.4, 0.5) is 0 Å². The molecule has 1 aromatic carbocycles. The number of benzene rings is 1. The molecule has 0 aromatic heterocycles. The van der Waals surface area contributed by atoms with Gasteiger partial charge in [0, 0.05) is 31.0 Å². The van der Waals surface area contributed by atoms with Crippen molar-refractivity contribution in [1.82, 2.24) is 9.80 Å². The van der Waals surface area contributed by atoms with E-state index in [9.17, 15) is 14.4 Å². The van der Waals surface area contributed by atoms with Gasteiger partial charge in [0.15, 0.2) is 0 Å². The van der Waals surface area contributed by atoms with E-state index in [1.165, 1.54) is 4.90 Å². The van der Waals surface area contributed by atoms with Crippen LogP contribution in [0.2, 0.25) is 0 Å². The maximum atomic E-state index is 12.8. The van der Waals surface area contributed by atoms with Crippen LogP contribution >= 0.6 is 0 Å². The smallest absolute Gasteiger partial charge is 0.254 e. The summed E-state index contributed by atoms with van der Waals surface area (Å²) in [5.41, 5.74) is 1.55. The van der Waals surface area contributed by atoms with Crippen molar-refractivity contribution in [2.45, 2.75) is 58.5 Å². The van der Waals surface area contributed by atoms with Crippen molar-refractivity contribution in [1.29, 1.82) is 0 Å². The average Bonchev–Trinajstić information content (AvgIpc) is 3.37. The number of amides is 3. The molecule has 1 saturated carbocycles. The van der Waals surface area contributed by atoms with Gasteiger partial charge in [-0.25, -0.2) is 0 Å². The van der Waals surface area contributed by atoms with Crippen LogP contribution in [0.3, 0.4) is 0 Å². The summed E-state index contributed by atoms with van der Waals surface area (Å²) in [6.07, 6.45) is 3.82. The molecule has 3 amide bonds. The molecule has 1 aliphatic heterocycles. The summed E-state index contributed by atoms with van der Waals surface area (Å²) in [6, 6.07) is 7.71. The number of imide groups is 1. The van der Waals surface area contributed by atoms with E-state index in [2.05, 4.69) is 13.8 Å². The lowest BCUT2D eigenvalue weighted by atomic mass is 10.1. The number of rotatable bonds is 7. The van der Waals surface area contributed by atoms with Crippen molar-refractivity contribution in [3.05, 3.63) is 35.4 Å². The van der Waals surface area contributed by atoms with Crippen molar-refractivity contribution in [2.24, 2.45) is 5.92 Å². The fraction of sp³-hybridized carbons (Fsp3) is 0.550. The molecule has 1 heterocycles. The molecule has 2 fully saturated rings. The van der Waals surface area contributed by atoms with Crippen molar-refractivity contribution < 1.29 is 14.4 Å². The van der Waals surface area contributed by atoms with Crippen LogP contribution < -0.4 is 0 Å². The molecule has 0 atom stereocenters. The quantitative estimate of drug-likeness (QED) is 0.716. The highest BCUT2D eigenvalue weighted by Gasteiger charge is 2.33. The Bertz CT molecular complexity index is 646. The van der Waals surface area contributed by atoms with E-state index in [0.29, 0.717) is 36.9 Å². The second-order valence-corrected chi connectivity index (χ2v) is 7.48. The van der Waals surface area contributed by atoms with Gasteiger partial charge in [0.2, 0.25) is 11.8 Å². The molecule has 1 aliphatic carbocycles. The molecule has 1 saturated heterocycles. The highest BCUT2D eigenvalue weighted by Crippen LogP contribution is 2.29. The van der Waals surface area contributed by atoms with Gasteiger partial charge in [-0.1, -0.05) is 26.0 Å². The first kappa shape index (κ1) is 17.6. The molecule has 0 N–H and O–H groups in total. The molecule has 0 bridgehead atoms. The lowest BCUT2D eigenvalue weighted by Gasteiger charge is -2.23.